The van der Waals surface area contributed by atoms with Gasteiger partial charge in [-0.1, -0.05) is 13.8 Å². The van der Waals surface area contributed by atoms with Crippen molar-refractivity contribution in [3.05, 3.63) is 28.9 Å². The number of benzene rings is 1. The summed E-state index contributed by atoms with van der Waals surface area (Å²) in [6.07, 6.45) is 5.65. The van der Waals surface area contributed by atoms with Crippen LogP contribution in [-0.2, 0) is 0 Å². The van der Waals surface area contributed by atoms with E-state index < -0.39 is 0 Å². The smallest absolute Gasteiger partial charge is 0.0956 e. The molecule has 0 aliphatic heterocycles. The lowest BCUT2D eigenvalue weighted by molar-refractivity contribution is 0.571. The van der Waals surface area contributed by atoms with E-state index in [1.807, 2.05) is 12.3 Å². The molecule has 1 aromatic carbocycles. The van der Waals surface area contributed by atoms with Gasteiger partial charge in [0.15, 0.2) is 0 Å². The molecule has 0 unspecified atom stereocenters. The van der Waals surface area contributed by atoms with Crippen molar-refractivity contribution in [2.45, 2.75) is 39.2 Å². The number of nitrogens with two attached hydrogens (primary N) is 1. The molecule has 1 aliphatic rings. The number of nitrogen functional groups attached to an aromatic ring is 1. The molecule has 0 saturated heterocycles. The van der Waals surface area contributed by atoms with E-state index in [0.717, 1.165) is 27.6 Å². The molecule has 0 radical (unpaired) electrons. The standard InChI is InChI=1S/C17H22BrN3/c1-11(2)7-8-21(13-3-4-13)16-6-5-15(19)14-9-12(18)10-20-17(14)16/h5-6,9-11,13H,3-4,7-8,19H2,1-2H3. The Labute approximate surface area is 134 Å². The molecule has 2 aromatic rings. The van der Waals surface area contributed by atoms with Crippen LogP contribution in [0.4, 0.5) is 11.4 Å². The van der Waals surface area contributed by atoms with Gasteiger partial charge in [0.25, 0.3) is 0 Å². The lowest BCUT2D eigenvalue weighted by Gasteiger charge is -2.27. The summed E-state index contributed by atoms with van der Waals surface area (Å²) in [6.45, 7) is 5.65. The number of pyridine rings is 1. The zero-order chi connectivity index (χ0) is 15.0. The molecule has 4 heteroatoms. The highest BCUT2D eigenvalue weighted by Gasteiger charge is 2.30. The van der Waals surface area contributed by atoms with Crippen LogP contribution < -0.4 is 10.6 Å². The molecule has 1 aromatic heterocycles. The minimum absolute atomic E-state index is 0.682. The van der Waals surface area contributed by atoms with Gasteiger partial charge in [-0.3, -0.25) is 4.98 Å². The molecule has 0 spiro atoms. The van der Waals surface area contributed by atoms with E-state index in [1.54, 1.807) is 0 Å². The first kappa shape index (κ1) is 14.6. The quantitative estimate of drug-likeness (QED) is 0.804. The van der Waals surface area contributed by atoms with Crippen molar-refractivity contribution in [3.8, 4) is 0 Å². The predicted octanol–water partition coefficient (Wildman–Crippen LogP) is 4.59. The summed E-state index contributed by atoms with van der Waals surface area (Å²) in [5, 5.41) is 1.04. The van der Waals surface area contributed by atoms with E-state index in [1.165, 1.54) is 24.9 Å². The fraction of sp³-hybridized carbons (Fsp3) is 0.471. The van der Waals surface area contributed by atoms with Crippen LogP contribution in [0.3, 0.4) is 0 Å². The first-order valence-corrected chi connectivity index (χ1v) is 8.46. The second-order valence-corrected chi connectivity index (χ2v) is 7.25. The monoisotopic (exact) mass is 347 g/mol. The molecule has 0 bridgehead atoms. The highest BCUT2D eigenvalue weighted by molar-refractivity contribution is 9.10. The number of rotatable bonds is 5. The maximum absolute atomic E-state index is 6.13. The van der Waals surface area contributed by atoms with Crippen LogP contribution in [0, 0.1) is 5.92 Å². The molecule has 1 saturated carbocycles. The van der Waals surface area contributed by atoms with E-state index in [4.69, 9.17) is 5.73 Å². The molecule has 3 rings (SSSR count). The third-order valence-electron chi connectivity index (χ3n) is 4.07. The normalized spacial score (nSPS) is 14.9. The number of fused-ring (bicyclic) bond motifs is 1. The molecular weight excluding hydrogens is 326 g/mol. The number of aromatic nitrogens is 1. The number of nitrogens with zero attached hydrogens (tertiary/aromatic N) is 2. The lowest BCUT2D eigenvalue weighted by Crippen LogP contribution is -2.28. The Morgan fingerprint density at radius 1 is 1.38 bits per heavy atom. The zero-order valence-corrected chi connectivity index (χ0v) is 14.2. The Morgan fingerprint density at radius 2 is 2.14 bits per heavy atom. The van der Waals surface area contributed by atoms with Crippen LogP contribution in [-0.4, -0.2) is 17.6 Å². The number of hydrogen-bond donors (Lipinski definition) is 1. The summed E-state index contributed by atoms with van der Waals surface area (Å²) in [7, 11) is 0. The Hall–Kier alpha value is -1.29. The molecular formula is C17H22BrN3. The highest BCUT2D eigenvalue weighted by Crippen LogP contribution is 2.37. The van der Waals surface area contributed by atoms with Crippen molar-refractivity contribution < 1.29 is 0 Å². The molecule has 3 nitrogen and oxygen atoms in total. The van der Waals surface area contributed by atoms with Gasteiger partial charge in [-0.25, -0.2) is 0 Å². The van der Waals surface area contributed by atoms with Crippen molar-refractivity contribution >= 4 is 38.2 Å². The van der Waals surface area contributed by atoms with Gasteiger partial charge >= 0.3 is 0 Å². The largest absolute Gasteiger partial charge is 0.398 e. The van der Waals surface area contributed by atoms with Crippen LogP contribution in [0.2, 0.25) is 0 Å². The fourth-order valence-corrected chi connectivity index (χ4v) is 3.05. The summed E-state index contributed by atoms with van der Waals surface area (Å²) in [5.41, 5.74) is 9.18. The first-order valence-electron chi connectivity index (χ1n) is 7.66. The van der Waals surface area contributed by atoms with E-state index >= 15 is 0 Å². The van der Waals surface area contributed by atoms with Crippen molar-refractivity contribution in [2.24, 2.45) is 5.92 Å². The van der Waals surface area contributed by atoms with E-state index in [-0.39, 0.29) is 0 Å². The topological polar surface area (TPSA) is 42.1 Å². The van der Waals surface area contributed by atoms with Crippen LogP contribution in [0.25, 0.3) is 10.9 Å². The molecule has 0 amide bonds. The SMILES string of the molecule is CC(C)CCN(c1ccc(N)c2cc(Br)cnc12)C1CC1. The summed E-state index contributed by atoms with van der Waals surface area (Å²) >= 11 is 3.49. The average molecular weight is 348 g/mol. The predicted molar refractivity (Wildman–Crippen MR) is 93.7 cm³/mol. The molecule has 0 atom stereocenters. The molecule has 1 fully saturated rings. The Morgan fingerprint density at radius 3 is 2.81 bits per heavy atom. The van der Waals surface area contributed by atoms with Crippen molar-refractivity contribution in [3.63, 3.8) is 0 Å². The lowest BCUT2D eigenvalue weighted by atomic mass is 10.1. The molecule has 21 heavy (non-hydrogen) atoms. The average Bonchev–Trinajstić information content (AvgIpc) is 3.26. The van der Waals surface area contributed by atoms with Gasteiger partial charge in [-0.2, -0.15) is 0 Å². The second kappa shape index (κ2) is 5.84. The van der Waals surface area contributed by atoms with Crippen LogP contribution in [0.1, 0.15) is 33.1 Å². The first-order chi connectivity index (χ1) is 10.1. The molecule has 2 N–H and O–H groups in total. The maximum Gasteiger partial charge on any atom is 0.0956 e. The third-order valence-corrected chi connectivity index (χ3v) is 4.51. The minimum Gasteiger partial charge on any atom is -0.398 e. The Bertz CT molecular complexity index is 650. The van der Waals surface area contributed by atoms with Crippen LogP contribution in [0.5, 0.6) is 0 Å². The minimum atomic E-state index is 0.682. The van der Waals surface area contributed by atoms with Crippen molar-refractivity contribution in [1.29, 1.82) is 0 Å². The van der Waals surface area contributed by atoms with Gasteiger partial charge in [-0.15, -0.1) is 0 Å². The highest BCUT2D eigenvalue weighted by atomic mass is 79.9. The molecule has 112 valence electrons. The molecule has 1 aliphatic carbocycles. The summed E-state index contributed by atoms with van der Waals surface area (Å²) in [4.78, 5) is 7.16. The summed E-state index contributed by atoms with van der Waals surface area (Å²) in [5.74, 6) is 0.716. The van der Waals surface area contributed by atoms with E-state index in [0.29, 0.717) is 12.0 Å². The number of halogens is 1. The van der Waals surface area contributed by atoms with Gasteiger partial charge < -0.3 is 10.6 Å². The Kier molecular flexibility index (Phi) is 4.07. The third kappa shape index (κ3) is 3.15. The van der Waals surface area contributed by atoms with Crippen LogP contribution in [0.15, 0.2) is 28.9 Å². The van der Waals surface area contributed by atoms with Gasteiger partial charge in [0.05, 0.1) is 11.2 Å². The summed E-state index contributed by atoms with van der Waals surface area (Å²) in [6, 6.07) is 6.89. The fourth-order valence-electron chi connectivity index (χ4n) is 2.72. The van der Waals surface area contributed by atoms with Gasteiger partial charge in [0.1, 0.15) is 0 Å². The van der Waals surface area contributed by atoms with Crippen LogP contribution >= 0.6 is 15.9 Å². The number of hydrogen-bond acceptors (Lipinski definition) is 3. The maximum atomic E-state index is 6.13. The molecule has 1 heterocycles. The summed E-state index contributed by atoms with van der Waals surface area (Å²) < 4.78 is 0.971. The van der Waals surface area contributed by atoms with E-state index in [9.17, 15) is 0 Å². The van der Waals surface area contributed by atoms with Gasteiger partial charge in [0, 0.05) is 34.3 Å². The Balaban J connectivity index is 2.03. The van der Waals surface area contributed by atoms with Gasteiger partial charge in [-0.05, 0) is 59.3 Å². The van der Waals surface area contributed by atoms with Crippen molar-refractivity contribution in [2.75, 3.05) is 17.2 Å². The second-order valence-electron chi connectivity index (χ2n) is 6.33. The van der Waals surface area contributed by atoms with E-state index in [2.05, 4.69) is 51.8 Å². The van der Waals surface area contributed by atoms with Gasteiger partial charge in [0.2, 0.25) is 0 Å². The van der Waals surface area contributed by atoms with Crippen molar-refractivity contribution in [1.82, 2.24) is 4.98 Å². The number of anilines is 2. The zero-order valence-electron chi connectivity index (χ0n) is 12.6.